The summed E-state index contributed by atoms with van der Waals surface area (Å²) in [4.78, 5) is 10.4. The van der Waals surface area contributed by atoms with Gasteiger partial charge < -0.3 is 10.1 Å². The molecule has 1 N–H and O–H groups in total. The summed E-state index contributed by atoms with van der Waals surface area (Å²) in [6.07, 6.45) is 3.27. The van der Waals surface area contributed by atoms with Crippen molar-refractivity contribution in [2.24, 2.45) is 0 Å². The lowest BCUT2D eigenvalue weighted by Crippen LogP contribution is -2.17. The second-order valence-corrected chi connectivity index (χ2v) is 5.29. The van der Waals surface area contributed by atoms with E-state index in [4.69, 9.17) is 16.3 Å². The van der Waals surface area contributed by atoms with Gasteiger partial charge in [-0.05, 0) is 32.3 Å². The van der Waals surface area contributed by atoms with E-state index in [0.717, 1.165) is 24.9 Å². The second kappa shape index (κ2) is 5.75. The van der Waals surface area contributed by atoms with Gasteiger partial charge in [0, 0.05) is 24.8 Å². The van der Waals surface area contributed by atoms with Crippen molar-refractivity contribution in [1.29, 1.82) is 0 Å². The summed E-state index contributed by atoms with van der Waals surface area (Å²) < 4.78 is 5.32. The van der Waals surface area contributed by atoms with Gasteiger partial charge in [0.15, 0.2) is 0 Å². The predicted molar refractivity (Wildman–Crippen MR) is 74.9 cm³/mol. The molecule has 0 heterocycles. The number of nitro groups is 1. The first-order valence-corrected chi connectivity index (χ1v) is 6.63. The Morgan fingerprint density at radius 2 is 2.21 bits per heavy atom. The number of hydrogen-bond acceptors (Lipinski definition) is 4. The van der Waals surface area contributed by atoms with Gasteiger partial charge in [0.05, 0.1) is 21.7 Å². The first-order chi connectivity index (χ1) is 9.01. The standard InChI is InChI=1S/C13H17ClN2O3/c1-8-5-12(11(14)7-13(8)16(17)18)15-9-3-4-10(6-9)19-2/h5,7,9-10,15H,3-4,6H2,1-2H3. The number of halogens is 1. The molecule has 0 saturated heterocycles. The molecular formula is C13H17ClN2O3. The van der Waals surface area contributed by atoms with Gasteiger partial charge in [0.25, 0.3) is 5.69 Å². The Kier molecular flexibility index (Phi) is 4.27. The zero-order valence-corrected chi connectivity index (χ0v) is 11.7. The highest BCUT2D eigenvalue weighted by molar-refractivity contribution is 6.33. The van der Waals surface area contributed by atoms with E-state index in [1.165, 1.54) is 6.07 Å². The van der Waals surface area contributed by atoms with Crippen molar-refractivity contribution in [3.8, 4) is 0 Å². The zero-order valence-electron chi connectivity index (χ0n) is 11.0. The molecule has 0 spiro atoms. The molecule has 1 aromatic carbocycles. The van der Waals surface area contributed by atoms with Gasteiger partial charge in [-0.25, -0.2) is 0 Å². The maximum Gasteiger partial charge on any atom is 0.273 e. The van der Waals surface area contributed by atoms with Gasteiger partial charge >= 0.3 is 0 Å². The number of methoxy groups -OCH3 is 1. The number of nitrogens with zero attached hydrogens (tertiary/aromatic N) is 1. The van der Waals surface area contributed by atoms with Crippen LogP contribution in [-0.2, 0) is 4.74 Å². The maximum atomic E-state index is 10.8. The topological polar surface area (TPSA) is 64.4 Å². The highest BCUT2D eigenvalue weighted by Crippen LogP contribution is 2.33. The van der Waals surface area contributed by atoms with E-state index in [2.05, 4.69) is 5.32 Å². The highest BCUT2D eigenvalue weighted by Gasteiger charge is 2.25. The second-order valence-electron chi connectivity index (χ2n) is 4.89. The van der Waals surface area contributed by atoms with Crippen LogP contribution in [0.4, 0.5) is 11.4 Å². The number of rotatable bonds is 4. The molecule has 2 unspecified atom stereocenters. The summed E-state index contributed by atoms with van der Waals surface area (Å²) in [5.41, 5.74) is 1.42. The van der Waals surface area contributed by atoms with Gasteiger partial charge in [0.1, 0.15) is 0 Å². The Balaban J connectivity index is 2.13. The summed E-state index contributed by atoms with van der Waals surface area (Å²) in [7, 11) is 1.72. The molecule has 0 amide bonds. The van der Waals surface area contributed by atoms with Gasteiger partial charge in [-0.1, -0.05) is 11.6 Å². The Bertz CT molecular complexity index is 493. The third-order valence-corrected chi connectivity index (χ3v) is 3.87. The van der Waals surface area contributed by atoms with E-state index in [9.17, 15) is 10.1 Å². The molecule has 0 bridgehead atoms. The fourth-order valence-corrected chi connectivity index (χ4v) is 2.70. The molecule has 19 heavy (non-hydrogen) atoms. The van der Waals surface area contributed by atoms with Crippen molar-refractivity contribution in [1.82, 2.24) is 0 Å². The molecule has 1 aromatic rings. The molecule has 0 aliphatic heterocycles. The van der Waals surface area contributed by atoms with Gasteiger partial charge in [0.2, 0.25) is 0 Å². The van der Waals surface area contributed by atoms with Crippen molar-refractivity contribution in [2.45, 2.75) is 38.3 Å². The molecule has 5 nitrogen and oxygen atoms in total. The third-order valence-electron chi connectivity index (χ3n) is 3.56. The number of hydrogen-bond donors (Lipinski definition) is 1. The predicted octanol–water partition coefficient (Wildman–Crippen LogP) is 3.54. The molecule has 0 aromatic heterocycles. The normalized spacial score (nSPS) is 22.5. The van der Waals surface area contributed by atoms with Crippen LogP contribution in [-0.4, -0.2) is 24.2 Å². The van der Waals surface area contributed by atoms with Crippen LogP contribution in [0.15, 0.2) is 12.1 Å². The SMILES string of the molecule is COC1CCC(Nc2cc(C)c([N+](=O)[O-])cc2Cl)C1. The van der Waals surface area contributed by atoms with E-state index in [1.54, 1.807) is 20.1 Å². The van der Waals surface area contributed by atoms with Crippen LogP contribution in [0.1, 0.15) is 24.8 Å². The molecule has 1 fully saturated rings. The van der Waals surface area contributed by atoms with E-state index in [0.29, 0.717) is 16.6 Å². The van der Waals surface area contributed by atoms with E-state index >= 15 is 0 Å². The Labute approximate surface area is 117 Å². The summed E-state index contributed by atoms with van der Waals surface area (Å²) >= 11 is 6.10. The largest absolute Gasteiger partial charge is 0.381 e. The van der Waals surface area contributed by atoms with Crippen LogP contribution in [0.5, 0.6) is 0 Å². The highest BCUT2D eigenvalue weighted by atomic mass is 35.5. The first kappa shape index (κ1) is 14.1. The van der Waals surface area contributed by atoms with Crippen molar-refractivity contribution in [3.05, 3.63) is 32.8 Å². The molecule has 2 atom stereocenters. The van der Waals surface area contributed by atoms with Crippen LogP contribution in [0.25, 0.3) is 0 Å². The fourth-order valence-electron chi connectivity index (χ4n) is 2.48. The van der Waals surface area contributed by atoms with Crippen molar-refractivity contribution in [3.63, 3.8) is 0 Å². The zero-order chi connectivity index (χ0) is 14.0. The van der Waals surface area contributed by atoms with Crippen LogP contribution in [0, 0.1) is 17.0 Å². The van der Waals surface area contributed by atoms with Crippen LogP contribution >= 0.6 is 11.6 Å². The Hall–Kier alpha value is -1.33. The van der Waals surface area contributed by atoms with Gasteiger partial charge in [-0.3, -0.25) is 10.1 Å². The first-order valence-electron chi connectivity index (χ1n) is 6.25. The minimum Gasteiger partial charge on any atom is -0.381 e. The summed E-state index contributed by atoms with van der Waals surface area (Å²) in [6.45, 7) is 1.71. The lowest BCUT2D eigenvalue weighted by Gasteiger charge is -2.16. The van der Waals surface area contributed by atoms with Crippen LogP contribution < -0.4 is 5.32 Å². The maximum absolute atomic E-state index is 10.8. The number of ether oxygens (including phenoxy) is 1. The fraction of sp³-hybridized carbons (Fsp3) is 0.538. The molecule has 1 saturated carbocycles. The number of nitrogens with one attached hydrogen (secondary N) is 1. The Morgan fingerprint density at radius 1 is 1.47 bits per heavy atom. The molecule has 104 valence electrons. The molecule has 1 aliphatic carbocycles. The minimum absolute atomic E-state index is 0.0525. The summed E-state index contributed by atoms with van der Waals surface area (Å²) in [6, 6.07) is 3.45. The molecule has 1 aliphatic rings. The number of nitro benzene ring substituents is 1. The van der Waals surface area contributed by atoms with Crippen molar-refractivity contribution in [2.75, 3.05) is 12.4 Å². The molecule has 2 rings (SSSR count). The lowest BCUT2D eigenvalue weighted by molar-refractivity contribution is -0.385. The van der Waals surface area contributed by atoms with Crippen molar-refractivity contribution >= 4 is 23.0 Å². The molecule has 0 radical (unpaired) electrons. The quantitative estimate of drug-likeness (QED) is 0.678. The van der Waals surface area contributed by atoms with Gasteiger partial charge in [-0.15, -0.1) is 0 Å². The van der Waals surface area contributed by atoms with Crippen LogP contribution in [0.2, 0.25) is 5.02 Å². The van der Waals surface area contributed by atoms with Crippen molar-refractivity contribution < 1.29 is 9.66 Å². The number of anilines is 1. The summed E-state index contributed by atoms with van der Waals surface area (Å²) in [5, 5.41) is 14.6. The molecule has 6 heteroatoms. The number of benzene rings is 1. The smallest absolute Gasteiger partial charge is 0.273 e. The van der Waals surface area contributed by atoms with Gasteiger partial charge in [-0.2, -0.15) is 0 Å². The monoisotopic (exact) mass is 284 g/mol. The van der Waals surface area contributed by atoms with E-state index in [-0.39, 0.29) is 11.8 Å². The average Bonchev–Trinajstić information content (AvgIpc) is 2.80. The van der Waals surface area contributed by atoms with E-state index < -0.39 is 4.92 Å². The molecular weight excluding hydrogens is 268 g/mol. The van der Waals surface area contributed by atoms with E-state index in [1.807, 2.05) is 0 Å². The van der Waals surface area contributed by atoms with Crippen LogP contribution in [0.3, 0.4) is 0 Å². The third kappa shape index (κ3) is 3.16. The average molecular weight is 285 g/mol. The summed E-state index contributed by atoms with van der Waals surface area (Å²) in [5.74, 6) is 0. The minimum atomic E-state index is -0.415. The number of aryl methyl sites for hydroxylation is 1. The Morgan fingerprint density at radius 3 is 2.79 bits per heavy atom. The lowest BCUT2D eigenvalue weighted by atomic mass is 10.1.